The van der Waals surface area contributed by atoms with Crippen LogP contribution in [-0.4, -0.2) is 69.6 Å². The van der Waals surface area contributed by atoms with Gasteiger partial charge in [-0.15, -0.1) is 0 Å². The third-order valence-corrected chi connectivity index (χ3v) is 15.8. The van der Waals surface area contributed by atoms with E-state index in [-0.39, 0.29) is 50.5 Å². The summed E-state index contributed by atoms with van der Waals surface area (Å²) in [7, 11) is -3.07. The van der Waals surface area contributed by atoms with E-state index in [1.54, 1.807) is 0 Å². The highest BCUT2D eigenvalue weighted by Crippen LogP contribution is 2.37. The molecular weight excluding hydrogens is 767 g/mol. The third kappa shape index (κ3) is 13.3. The molecule has 2 N–H and O–H groups in total. The fraction of sp³-hybridized carbons (Fsp3) is 0.392. The summed E-state index contributed by atoms with van der Waals surface area (Å²) in [6.07, 6.45) is -1.93. The molecule has 320 valence electrons. The van der Waals surface area contributed by atoms with E-state index in [0.717, 1.165) is 39.9 Å². The highest BCUT2D eigenvalue weighted by molar-refractivity contribution is 6.99. The molecule has 0 fully saturated rings. The van der Waals surface area contributed by atoms with Crippen LogP contribution in [0.5, 0.6) is 0 Å². The molecule has 5 rings (SSSR count). The standard InChI is InChI=1S/C51H65NO7Si/c1-6-8-34-52-45(35-47(54)55-7-2)48(56-36-40-24-14-9-15-25-40)50(58-38-42-28-18-11-19-29-42)49(57-37-41-26-16-10-17-27-41)46(53)39-59-60(51(3,4)5,43-30-20-12-21-31-43)44-32-22-13-23-33-44/h9-33,45-46,48-50,52-53H,6-8,34-39H2,1-5H3/t45-,46+,48-,49+,50+/m0/s1. The van der Waals surface area contributed by atoms with Crippen LogP contribution in [-0.2, 0) is 48.0 Å². The predicted molar refractivity (Wildman–Crippen MR) is 243 cm³/mol. The van der Waals surface area contributed by atoms with E-state index in [9.17, 15) is 9.90 Å². The highest BCUT2D eigenvalue weighted by Gasteiger charge is 2.51. The Kier molecular flexibility index (Phi) is 18.7. The molecule has 0 aromatic heterocycles. The topological polar surface area (TPSA) is 95.5 Å². The second kappa shape index (κ2) is 24.1. The summed E-state index contributed by atoms with van der Waals surface area (Å²) < 4.78 is 33.7. The van der Waals surface area contributed by atoms with Crippen LogP contribution >= 0.6 is 0 Å². The lowest BCUT2D eigenvalue weighted by molar-refractivity contribution is -0.191. The molecule has 0 unspecified atom stereocenters. The number of aliphatic hydroxyl groups is 1. The Balaban J connectivity index is 1.63. The molecule has 0 bridgehead atoms. The molecule has 0 saturated heterocycles. The minimum Gasteiger partial charge on any atom is -0.466 e. The Morgan fingerprint density at radius 3 is 1.45 bits per heavy atom. The Labute approximate surface area is 359 Å². The summed E-state index contributed by atoms with van der Waals surface area (Å²) >= 11 is 0. The first-order valence-electron chi connectivity index (χ1n) is 21.4. The van der Waals surface area contributed by atoms with Crippen LogP contribution in [0.3, 0.4) is 0 Å². The first-order valence-corrected chi connectivity index (χ1v) is 23.4. The number of nitrogens with one attached hydrogen (secondary N) is 1. The van der Waals surface area contributed by atoms with Gasteiger partial charge in [-0.3, -0.25) is 4.79 Å². The molecule has 0 radical (unpaired) electrons. The molecule has 0 aliphatic heterocycles. The lowest BCUT2D eigenvalue weighted by Crippen LogP contribution is -2.67. The molecular formula is C51H65NO7Si. The minimum atomic E-state index is -3.07. The van der Waals surface area contributed by atoms with Crippen molar-refractivity contribution < 1.29 is 33.3 Å². The molecule has 0 aliphatic rings. The molecule has 0 aliphatic carbocycles. The van der Waals surface area contributed by atoms with Gasteiger partial charge in [0, 0.05) is 6.04 Å². The van der Waals surface area contributed by atoms with Crippen LogP contribution in [0.1, 0.15) is 70.6 Å². The SMILES string of the molecule is CCCCN[C@@H](CC(=O)OCC)[C@H](OCc1ccccc1)[C@@H](OCc1ccccc1)[C@H](OCc1ccccc1)[C@H](O)CO[Si](c1ccccc1)(c1ccccc1)C(C)(C)C. The van der Waals surface area contributed by atoms with Crippen molar-refractivity contribution in [3.8, 4) is 0 Å². The van der Waals surface area contributed by atoms with E-state index in [0.29, 0.717) is 6.54 Å². The van der Waals surface area contributed by atoms with Crippen LogP contribution in [0, 0.1) is 0 Å². The van der Waals surface area contributed by atoms with Gasteiger partial charge in [0.15, 0.2) is 0 Å². The summed E-state index contributed by atoms with van der Waals surface area (Å²) in [6, 6.07) is 50.0. The second-order valence-electron chi connectivity index (χ2n) is 16.2. The third-order valence-electron chi connectivity index (χ3n) is 10.8. The quantitative estimate of drug-likeness (QED) is 0.0344. The number of esters is 1. The number of carbonyl (C=O) groups excluding carboxylic acids is 1. The maximum absolute atomic E-state index is 13.4. The largest absolute Gasteiger partial charge is 0.466 e. The normalized spacial score (nSPS) is 14.5. The fourth-order valence-corrected chi connectivity index (χ4v) is 12.4. The van der Waals surface area contributed by atoms with Gasteiger partial charge in [-0.25, -0.2) is 0 Å². The second-order valence-corrected chi connectivity index (χ2v) is 20.6. The maximum atomic E-state index is 13.4. The van der Waals surface area contributed by atoms with Gasteiger partial charge in [0.2, 0.25) is 0 Å². The molecule has 60 heavy (non-hydrogen) atoms. The van der Waals surface area contributed by atoms with Crippen molar-refractivity contribution in [1.29, 1.82) is 0 Å². The van der Waals surface area contributed by atoms with Crippen LogP contribution in [0.4, 0.5) is 0 Å². The van der Waals surface area contributed by atoms with E-state index >= 15 is 0 Å². The molecule has 5 aromatic carbocycles. The van der Waals surface area contributed by atoms with Crippen LogP contribution in [0.25, 0.3) is 0 Å². The summed E-state index contributed by atoms with van der Waals surface area (Å²) in [6.45, 7) is 12.1. The predicted octanol–water partition coefficient (Wildman–Crippen LogP) is 8.39. The average Bonchev–Trinajstić information content (AvgIpc) is 3.27. The van der Waals surface area contributed by atoms with E-state index in [2.05, 4.69) is 81.5 Å². The van der Waals surface area contributed by atoms with Crippen molar-refractivity contribution in [3.63, 3.8) is 0 Å². The first-order chi connectivity index (χ1) is 29.2. The first kappa shape index (κ1) is 46.6. The summed E-state index contributed by atoms with van der Waals surface area (Å²) in [4.78, 5) is 13.4. The lowest BCUT2D eigenvalue weighted by atomic mass is 9.94. The number of carbonyl (C=O) groups is 1. The number of hydrogen-bond acceptors (Lipinski definition) is 8. The average molecular weight is 832 g/mol. The van der Waals surface area contributed by atoms with Gasteiger partial charge in [-0.1, -0.05) is 186 Å². The van der Waals surface area contributed by atoms with Gasteiger partial charge in [0.05, 0.1) is 39.5 Å². The number of unbranched alkanes of at least 4 members (excludes halogenated alkanes) is 1. The minimum absolute atomic E-state index is 0.0300. The Morgan fingerprint density at radius 2 is 1.03 bits per heavy atom. The van der Waals surface area contributed by atoms with Gasteiger partial charge in [0.1, 0.15) is 24.4 Å². The van der Waals surface area contributed by atoms with Gasteiger partial charge in [-0.2, -0.15) is 0 Å². The van der Waals surface area contributed by atoms with Crippen molar-refractivity contribution >= 4 is 24.7 Å². The Hall–Kier alpha value is -4.45. The van der Waals surface area contributed by atoms with E-state index in [1.807, 2.05) is 110 Å². The smallest absolute Gasteiger partial charge is 0.307 e. The molecule has 5 atom stereocenters. The van der Waals surface area contributed by atoms with Crippen LogP contribution in [0.15, 0.2) is 152 Å². The molecule has 5 aromatic rings. The van der Waals surface area contributed by atoms with Gasteiger partial charge >= 0.3 is 5.97 Å². The van der Waals surface area contributed by atoms with Crippen molar-refractivity contribution in [3.05, 3.63) is 168 Å². The van der Waals surface area contributed by atoms with Crippen molar-refractivity contribution in [2.75, 3.05) is 19.8 Å². The number of hydrogen-bond donors (Lipinski definition) is 2. The van der Waals surface area contributed by atoms with E-state index in [1.165, 1.54) is 0 Å². The molecule has 9 heteroatoms. The zero-order valence-corrected chi connectivity index (χ0v) is 37.1. The zero-order valence-electron chi connectivity index (χ0n) is 36.1. The lowest BCUT2D eigenvalue weighted by Gasteiger charge is -2.44. The number of ether oxygens (including phenoxy) is 4. The summed E-state index contributed by atoms with van der Waals surface area (Å²) in [5.74, 6) is -0.348. The number of benzene rings is 5. The monoisotopic (exact) mass is 831 g/mol. The van der Waals surface area contributed by atoms with E-state index in [4.69, 9.17) is 23.4 Å². The maximum Gasteiger partial charge on any atom is 0.307 e. The van der Waals surface area contributed by atoms with Crippen LogP contribution < -0.4 is 15.7 Å². The van der Waals surface area contributed by atoms with E-state index < -0.39 is 38.8 Å². The summed E-state index contributed by atoms with van der Waals surface area (Å²) in [5.41, 5.74) is 2.85. The molecule has 0 saturated carbocycles. The molecule has 8 nitrogen and oxygen atoms in total. The Morgan fingerprint density at radius 1 is 0.617 bits per heavy atom. The van der Waals surface area contributed by atoms with Gasteiger partial charge in [-0.05, 0) is 52.0 Å². The number of rotatable bonds is 25. The zero-order chi connectivity index (χ0) is 42.6. The summed E-state index contributed by atoms with van der Waals surface area (Å²) in [5, 5.41) is 18.3. The fourth-order valence-electron chi connectivity index (χ4n) is 7.78. The molecule has 0 spiro atoms. The molecule has 0 heterocycles. The van der Waals surface area contributed by atoms with Crippen LogP contribution in [0.2, 0.25) is 5.04 Å². The van der Waals surface area contributed by atoms with Crippen molar-refractivity contribution in [2.45, 2.75) is 109 Å². The Bertz CT molecular complexity index is 1870. The van der Waals surface area contributed by atoms with Crippen molar-refractivity contribution in [2.24, 2.45) is 0 Å². The highest BCUT2D eigenvalue weighted by atomic mass is 28.4. The van der Waals surface area contributed by atoms with Gasteiger partial charge in [0.25, 0.3) is 8.32 Å². The molecule has 0 amide bonds. The van der Waals surface area contributed by atoms with Crippen molar-refractivity contribution in [1.82, 2.24) is 5.32 Å². The number of aliphatic hydroxyl groups excluding tert-OH is 1. The van der Waals surface area contributed by atoms with Gasteiger partial charge < -0.3 is 33.8 Å².